The molecule has 1 aromatic heterocycles. The molecule has 4 heteroatoms. The molecule has 0 unspecified atom stereocenters. The lowest BCUT2D eigenvalue weighted by Gasteiger charge is -2.18. The van der Waals surface area contributed by atoms with Gasteiger partial charge in [-0.25, -0.2) is 0 Å². The number of hydrogen-bond acceptors (Lipinski definition) is 3. The van der Waals surface area contributed by atoms with E-state index in [1.165, 1.54) is 38.2 Å². The maximum atomic E-state index is 11.0. The lowest BCUT2D eigenvalue weighted by atomic mass is 9.87. The third-order valence-corrected chi connectivity index (χ3v) is 2.98. The zero-order valence-electron chi connectivity index (χ0n) is 9.24. The van der Waals surface area contributed by atoms with E-state index in [0.717, 1.165) is 5.69 Å². The molecule has 1 aliphatic rings. The van der Waals surface area contributed by atoms with Gasteiger partial charge in [0.15, 0.2) is 0 Å². The zero-order chi connectivity index (χ0) is 11.4. The van der Waals surface area contributed by atoms with Crippen molar-refractivity contribution < 1.29 is 9.32 Å². The molecule has 0 radical (unpaired) electrons. The van der Waals surface area contributed by atoms with Crippen molar-refractivity contribution >= 4 is 11.8 Å². The average molecular weight is 220 g/mol. The quantitative estimate of drug-likeness (QED) is 0.797. The van der Waals surface area contributed by atoms with Gasteiger partial charge in [0, 0.05) is 12.0 Å². The van der Waals surface area contributed by atoms with Crippen LogP contribution in [-0.2, 0) is 4.79 Å². The predicted molar refractivity (Wildman–Crippen MR) is 61.2 cm³/mol. The lowest BCUT2D eigenvalue weighted by Crippen LogP contribution is -2.06. The minimum absolute atomic E-state index is 0.272. The molecule has 0 spiro atoms. The Balaban J connectivity index is 2.00. The van der Waals surface area contributed by atoms with E-state index >= 15 is 0 Å². The highest BCUT2D eigenvalue weighted by Gasteiger charge is 2.19. The summed E-state index contributed by atoms with van der Waals surface area (Å²) in [5.41, 5.74) is 0.957. The SMILES string of the molecule is C=CC(=O)Nc1cc(C2CCCCC2)no1. The van der Waals surface area contributed by atoms with E-state index in [0.29, 0.717) is 11.8 Å². The number of anilines is 1. The van der Waals surface area contributed by atoms with Crippen LogP contribution in [0.4, 0.5) is 5.88 Å². The van der Waals surface area contributed by atoms with Gasteiger partial charge in [-0.3, -0.25) is 10.1 Å². The van der Waals surface area contributed by atoms with Crippen LogP contribution in [0, 0.1) is 0 Å². The first kappa shape index (κ1) is 10.9. The van der Waals surface area contributed by atoms with Gasteiger partial charge in [-0.1, -0.05) is 31.0 Å². The zero-order valence-corrected chi connectivity index (χ0v) is 9.24. The average Bonchev–Trinajstić information content (AvgIpc) is 2.78. The lowest BCUT2D eigenvalue weighted by molar-refractivity contribution is -0.112. The Bertz CT molecular complexity index is 378. The third-order valence-electron chi connectivity index (χ3n) is 2.98. The van der Waals surface area contributed by atoms with Crippen LogP contribution in [0.25, 0.3) is 0 Å². The number of hydrogen-bond donors (Lipinski definition) is 1. The molecule has 4 nitrogen and oxygen atoms in total. The van der Waals surface area contributed by atoms with Crippen molar-refractivity contribution in [1.82, 2.24) is 5.16 Å². The monoisotopic (exact) mass is 220 g/mol. The van der Waals surface area contributed by atoms with Gasteiger partial charge in [0.25, 0.3) is 0 Å². The number of aromatic nitrogens is 1. The second kappa shape index (κ2) is 4.96. The summed E-state index contributed by atoms with van der Waals surface area (Å²) in [6, 6.07) is 1.82. The maximum absolute atomic E-state index is 11.0. The van der Waals surface area contributed by atoms with Crippen LogP contribution in [0.5, 0.6) is 0 Å². The molecular weight excluding hydrogens is 204 g/mol. The molecule has 1 aromatic rings. The van der Waals surface area contributed by atoms with E-state index in [4.69, 9.17) is 4.52 Å². The fourth-order valence-corrected chi connectivity index (χ4v) is 2.11. The van der Waals surface area contributed by atoms with Gasteiger partial charge in [0.1, 0.15) is 0 Å². The highest BCUT2D eigenvalue weighted by molar-refractivity contribution is 5.97. The van der Waals surface area contributed by atoms with Crippen molar-refractivity contribution in [3.8, 4) is 0 Å². The Morgan fingerprint density at radius 3 is 2.94 bits per heavy atom. The molecule has 1 heterocycles. The van der Waals surface area contributed by atoms with Crippen molar-refractivity contribution in [2.45, 2.75) is 38.0 Å². The highest BCUT2D eigenvalue weighted by Crippen LogP contribution is 2.32. The topological polar surface area (TPSA) is 55.1 Å². The van der Waals surface area contributed by atoms with Crippen molar-refractivity contribution in [2.75, 3.05) is 5.32 Å². The molecular formula is C12H16N2O2. The molecule has 1 fully saturated rings. The summed E-state index contributed by atoms with van der Waals surface area (Å²) in [5, 5.41) is 6.57. The molecule has 2 rings (SSSR count). The van der Waals surface area contributed by atoms with E-state index in [-0.39, 0.29) is 5.91 Å². The normalized spacial score (nSPS) is 17.0. The molecule has 0 aliphatic heterocycles. The van der Waals surface area contributed by atoms with Crippen LogP contribution >= 0.6 is 0 Å². The Hall–Kier alpha value is -1.58. The smallest absolute Gasteiger partial charge is 0.250 e. The maximum Gasteiger partial charge on any atom is 0.250 e. The van der Waals surface area contributed by atoms with Crippen LogP contribution < -0.4 is 5.32 Å². The fraction of sp³-hybridized carbons (Fsp3) is 0.500. The summed E-state index contributed by atoms with van der Waals surface area (Å²) in [4.78, 5) is 11.0. The Kier molecular flexibility index (Phi) is 3.39. The van der Waals surface area contributed by atoms with Crippen LogP contribution in [0.2, 0.25) is 0 Å². The summed E-state index contributed by atoms with van der Waals surface area (Å²) in [6.07, 6.45) is 7.37. The van der Waals surface area contributed by atoms with Crippen molar-refractivity contribution in [2.24, 2.45) is 0 Å². The van der Waals surface area contributed by atoms with Crippen LogP contribution in [0.1, 0.15) is 43.7 Å². The largest absolute Gasteiger partial charge is 0.338 e. The molecule has 16 heavy (non-hydrogen) atoms. The Morgan fingerprint density at radius 1 is 1.50 bits per heavy atom. The van der Waals surface area contributed by atoms with Crippen molar-refractivity contribution in [1.29, 1.82) is 0 Å². The highest BCUT2D eigenvalue weighted by atomic mass is 16.5. The minimum Gasteiger partial charge on any atom is -0.338 e. The molecule has 0 bridgehead atoms. The minimum atomic E-state index is -0.272. The summed E-state index contributed by atoms with van der Waals surface area (Å²) in [7, 11) is 0. The first-order chi connectivity index (χ1) is 7.79. The summed E-state index contributed by atoms with van der Waals surface area (Å²) >= 11 is 0. The molecule has 86 valence electrons. The van der Waals surface area contributed by atoms with Gasteiger partial charge in [-0.05, 0) is 18.9 Å². The van der Waals surface area contributed by atoms with Gasteiger partial charge in [-0.2, -0.15) is 0 Å². The van der Waals surface area contributed by atoms with E-state index < -0.39 is 0 Å². The van der Waals surface area contributed by atoms with Crippen molar-refractivity contribution in [3.05, 3.63) is 24.4 Å². The predicted octanol–water partition coefficient (Wildman–Crippen LogP) is 2.85. The molecule has 0 atom stereocenters. The number of amides is 1. The van der Waals surface area contributed by atoms with Crippen molar-refractivity contribution in [3.63, 3.8) is 0 Å². The number of carbonyl (C=O) groups is 1. The molecule has 1 saturated carbocycles. The molecule has 1 N–H and O–H groups in total. The third kappa shape index (κ3) is 2.51. The number of rotatable bonds is 3. The number of nitrogens with one attached hydrogen (secondary N) is 1. The van der Waals surface area contributed by atoms with E-state index in [1.807, 2.05) is 6.07 Å². The van der Waals surface area contributed by atoms with E-state index in [1.54, 1.807) is 0 Å². The standard InChI is InChI=1S/C12H16N2O2/c1-2-11(15)13-12-8-10(14-16-12)9-6-4-3-5-7-9/h2,8-9H,1,3-7H2,(H,13,15). The summed E-state index contributed by atoms with van der Waals surface area (Å²) < 4.78 is 5.06. The first-order valence-electron chi connectivity index (χ1n) is 5.69. The molecule has 1 aliphatic carbocycles. The second-order valence-corrected chi connectivity index (χ2v) is 4.14. The van der Waals surface area contributed by atoms with E-state index in [9.17, 15) is 4.79 Å². The van der Waals surface area contributed by atoms with Crippen LogP contribution in [0.15, 0.2) is 23.2 Å². The Labute approximate surface area is 94.7 Å². The van der Waals surface area contributed by atoms with Crippen LogP contribution in [0.3, 0.4) is 0 Å². The molecule has 0 saturated heterocycles. The first-order valence-corrected chi connectivity index (χ1v) is 5.69. The number of carbonyl (C=O) groups excluding carboxylic acids is 1. The van der Waals surface area contributed by atoms with Gasteiger partial charge in [-0.15, -0.1) is 0 Å². The van der Waals surface area contributed by atoms with Crippen LogP contribution in [-0.4, -0.2) is 11.1 Å². The second-order valence-electron chi connectivity index (χ2n) is 4.14. The van der Waals surface area contributed by atoms with Gasteiger partial charge >= 0.3 is 0 Å². The van der Waals surface area contributed by atoms with Gasteiger partial charge in [0.05, 0.1) is 5.69 Å². The van der Waals surface area contributed by atoms with E-state index in [2.05, 4.69) is 17.1 Å². The summed E-state index contributed by atoms with van der Waals surface area (Å²) in [6.45, 7) is 3.38. The van der Waals surface area contributed by atoms with Gasteiger partial charge in [0.2, 0.25) is 11.8 Å². The molecule has 0 aromatic carbocycles. The summed E-state index contributed by atoms with van der Waals surface area (Å²) in [5.74, 6) is 0.628. The Morgan fingerprint density at radius 2 is 2.25 bits per heavy atom. The fourth-order valence-electron chi connectivity index (χ4n) is 2.11. The molecule has 1 amide bonds. The number of nitrogens with zero attached hydrogens (tertiary/aromatic N) is 1. The van der Waals surface area contributed by atoms with Gasteiger partial charge < -0.3 is 4.52 Å².